The van der Waals surface area contributed by atoms with Crippen LogP contribution in [0.5, 0.6) is 0 Å². The third-order valence-corrected chi connectivity index (χ3v) is 3.09. The fourth-order valence-electron chi connectivity index (χ4n) is 1.96. The highest BCUT2D eigenvalue weighted by Crippen LogP contribution is 2.19. The minimum Gasteiger partial charge on any atom is -0.368 e. The van der Waals surface area contributed by atoms with Gasteiger partial charge in [0.2, 0.25) is 0 Å². The summed E-state index contributed by atoms with van der Waals surface area (Å²) in [6.07, 6.45) is 2.79. The van der Waals surface area contributed by atoms with Gasteiger partial charge in [0.05, 0.1) is 6.07 Å². The number of anilines is 1. The van der Waals surface area contributed by atoms with Gasteiger partial charge in [0.25, 0.3) is 0 Å². The smallest absolute Gasteiger partial charge is 0.128 e. The first-order chi connectivity index (χ1) is 9.34. The van der Waals surface area contributed by atoms with Gasteiger partial charge in [0.1, 0.15) is 11.4 Å². The molecule has 0 amide bonds. The van der Waals surface area contributed by atoms with Crippen molar-refractivity contribution in [3.8, 4) is 6.07 Å². The van der Waals surface area contributed by atoms with E-state index < -0.39 is 5.54 Å². The second-order valence-electron chi connectivity index (χ2n) is 5.93. The van der Waals surface area contributed by atoms with Crippen LogP contribution < -0.4 is 5.32 Å². The highest BCUT2D eigenvalue weighted by Gasteiger charge is 2.16. The minimum atomic E-state index is -0.695. The van der Waals surface area contributed by atoms with Crippen molar-refractivity contribution in [3.63, 3.8) is 0 Å². The molecule has 1 aromatic carbocycles. The van der Waals surface area contributed by atoms with Gasteiger partial charge in [-0.15, -0.1) is 0 Å². The van der Waals surface area contributed by atoms with E-state index in [4.69, 9.17) is 5.26 Å². The lowest BCUT2D eigenvalue weighted by Crippen LogP contribution is -2.28. The van der Waals surface area contributed by atoms with E-state index >= 15 is 0 Å². The number of halogens is 1. The van der Waals surface area contributed by atoms with E-state index in [1.807, 2.05) is 20.2 Å². The van der Waals surface area contributed by atoms with Crippen molar-refractivity contribution in [2.45, 2.75) is 38.6 Å². The second-order valence-corrected chi connectivity index (χ2v) is 5.93. The molecule has 0 bridgehead atoms. The first-order valence-electron chi connectivity index (χ1n) is 6.96. The molecule has 3 nitrogen and oxygen atoms in total. The summed E-state index contributed by atoms with van der Waals surface area (Å²) in [5, 5.41) is 12.0. The van der Waals surface area contributed by atoms with Gasteiger partial charge in [-0.3, -0.25) is 0 Å². The molecule has 0 heterocycles. The van der Waals surface area contributed by atoms with E-state index in [2.05, 4.69) is 16.3 Å². The topological polar surface area (TPSA) is 39.1 Å². The summed E-state index contributed by atoms with van der Waals surface area (Å²) in [4.78, 5) is 2.13. The summed E-state index contributed by atoms with van der Waals surface area (Å²) in [6.45, 7) is 4.55. The number of hydrogen-bond donors (Lipinski definition) is 1. The van der Waals surface area contributed by atoms with E-state index in [1.165, 1.54) is 6.07 Å². The van der Waals surface area contributed by atoms with Gasteiger partial charge >= 0.3 is 0 Å². The van der Waals surface area contributed by atoms with Crippen molar-refractivity contribution in [3.05, 3.63) is 29.6 Å². The molecule has 0 aromatic heterocycles. The van der Waals surface area contributed by atoms with Crippen LogP contribution >= 0.6 is 0 Å². The number of hydrogen-bond acceptors (Lipinski definition) is 3. The summed E-state index contributed by atoms with van der Waals surface area (Å²) in [7, 11) is 4.08. The zero-order chi connectivity index (χ0) is 15.2. The predicted molar refractivity (Wildman–Crippen MR) is 81.2 cm³/mol. The molecule has 4 heteroatoms. The normalized spacial score (nSPS) is 11.4. The zero-order valence-electron chi connectivity index (χ0n) is 12.8. The van der Waals surface area contributed by atoms with E-state index in [0.717, 1.165) is 31.4 Å². The maximum atomic E-state index is 14.0. The highest BCUT2D eigenvalue weighted by molar-refractivity contribution is 5.48. The largest absolute Gasteiger partial charge is 0.368 e. The molecule has 0 aliphatic heterocycles. The molecule has 110 valence electrons. The van der Waals surface area contributed by atoms with Crippen molar-refractivity contribution in [2.75, 3.05) is 26.0 Å². The first-order valence-corrected chi connectivity index (χ1v) is 6.96. The lowest BCUT2D eigenvalue weighted by molar-refractivity contribution is 0.394. The number of aryl methyl sites for hydroxylation is 1. The van der Waals surface area contributed by atoms with E-state index in [-0.39, 0.29) is 5.82 Å². The van der Waals surface area contributed by atoms with Crippen LogP contribution in [-0.4, -0.2) is 31.1 Å². The van der Waals surface area contributed by atoms with Crippen LogP contribution in [0.4, 0.5) is 10.1 Å². The van der Waals surface area contributed by atoms with Crippen LogP contribution in [0.15, 0.2) is 18.2 Å². The van der Waals surface area contributed by atoms with Crippen LogP contribution in [0, 0.1) is 17.1 Å². The first kappa shape index (κ1) is 16.5. The van der Waals surface area contributed by atoms with Gasteiger partial charge in [-0.05, 0) is 71.4 Å². The Morgan fingerprint density at radius 3 is 2.55 bits per heavy atom. The SMILES string of the molecule is CN(C)CCCCc1ccc(NC(C)(C)C#N)cc1F. The van der Waals surface area contributed by atoms with Crippen molar-refractivity contribution in [1.29, 1.82) is 5.26 Å². The molecular weight excluding hydrogens is 253 g/mol. The van der Waals surface area contributed by atoms with Gasteiger partial charge in [-0.1, -0.05) is 6.07 Å². The summed E-state index contributed by atoms with van der Waals surface area (Å²) in [5.74, 6) is -0.200. The van der Waals surface area contributed by atoms with Crippen molar-refractivity contribution >= 4 is 5.69 Å². The van der Waals surface area contributed by atoms with Crippen LogP contribution in [-0.2, 0) is 6.42 Å². The fourth-order valence-corrected chi connectivity index (χ4v) is 1.96. The molecule has 0 atom stereocenters. The maximum absolute atomic E-state index is 14.0. The lowest BCUT2D eigenvalue weighted by atomic mass is 10.0. The minimum absolute atomic E-state index is 0.200. The fraction of sp³-hybridized carbons (Fsp3) is 0.562. The van der Waals surface area contributed by atoms with Crippen molar-refractivity contribution in [2.24, 2.45) is 0 Å². The van der Waals surface area contributed by atoms with E-state index in [9.17, 15) is 4.39 Å². The van der Waals surface area contributed by atoms with Gasteiger partial charge in [0.15, 0.2) is 0 Å². The second kappa shape index (κ2) is 7.25. The van der Waals surface area contributed by atoms with Crippen molar-refractivity contribution < 1.29 is 4.39 Å². The summed E-state index contributed by atoms with van der Waals surface area (Å²) in [5.41, 5.74) is 0.690. The van der Waals surface area contributed by atoms with Gasteiger partial charge in [0, 0.05) is 5.69 Å². The number of nitrogens with one attached hydrogen (secondary N) is 1. The standard InChI is InChI=1S/C16H24FN3/c1-16(2,12-18)19-14-9-8-13(15(17)11-14)7-5-6-10-20(3)4/h8-9,11,19H,5-7,10H2,1-4H3. The molecular formula is C16H24FN3. The molecule has 20 heavy (non-hydrogen) atoms. The Bertz CT molecular complexity index is 475. The molecule has 1 N–H and O–H groups in total. The van der Waals surface area contributed by atoms with Crippen LogP contribution in [0.1, 0.15) is 32.3 Å². The number of unbranched alkanes of at least 4 members (excludes halogenated alkanes) is 1. The third-order valence-electron chi connectivity index (χ3n) is 3.09. The monoisotopic (exact) mass is 277 g/mol. The molecule has 0 unspecified atom stereocenters. The average molecular weight is 277 g/mol. The molecule has 0 radical (unpaired) electrons. The Hall–Kier alpha value is -1.60. The number of nitrogens with zero attached hydrogens (tertiary/aromatic N) is 2. The zero-order valence-corrected chi connectivity index (χ0v) is 12.8. The quantitative estimate of drug-likeness (QED) is 0.776. The Balaban J connectivity index is 2.58. The Labute approximate surface area is 121 Å². The number of rotatable bonds is 7. The molecule has 1 aromatic rings. The summed E-state index contributed by atoms with van der Waals surface area (Å²) in [6, 6.07) is 7.25. The van der Waals surface area contributed by atoms with E-state index in [0.29, 0.717) is 5.69 Å². The summed E-state index contributed by atoms with van der Waals surface area (Å²) >= 11 is 0. The van der Waals surface area contributed by atoms with Crippen LogP contribution in [0.25, 0.3) is 0 Å². The highest BCUT2D eigenvalue weighted by atomic mass is 19.1. The Morgan fingerprint density at radius 1 is 1.30 bits per heavy atom. The molecule has 0 fully saturated rings. The van der Waals surface area contributed by atoms with Crippen molar-refractivity contribution in [1.82, 2.24) is 4.90 Å². The number of nitriles is 1. The van der Waals surface area contributed by atoms with Gasteiger partial charge in [-0.25, -0.2) is 4.39 Å². The molecule has 0 aliphatic carbocycles. The van der Waals surface area contributed by atoms with E-state index in [1.54, 1.807) is 19.9 Å². The van der Waals surface area contributed by atoms with Crippen LogP contribution in [0.3, 0.4) is 0 Å². The third kappa shape index (κ3) is 5.58. The lowest BCUT2D eigenvalue weighted by Gasteiger charge is -2.19. The molecule has 0 saturated carbocycles. The Morgan fingerprint density at radius 2 is 2.00 bits per heavy atom. The molecule has 0 spiro atoms. The summed E-state index contributed by atoms with van der Waals surface area (Å²) < 4.78 is 14.0. The average Bonchev–Trinajstić information content (AvgIpc) is 2.36. The van der Waals surface area contributed by atoms with Crippen LogP contribution in [0.2, 0.25) is 0 Å². The molecule has 0 aliphatic rings. The van der Waals surface area contributed by atoms with Gasteiger partial charge < -0.3 is 10.2 Å². The predicted octanol–water partition coefficient (Wildman–Crippen LogP) is 3.42. The molecule has 1 rings (SSSR count). The van der Waals surface area contributed by atoms with Gasteiger partial charge in [-0.2, -0.15) is 5.26 Å². The number of benzene rings is 1. The maximum Gasteiger partial charge on any atom is 0.128 e. The molecule has 0 saturated heterocycles. The Kier molecular flexibility index (Phi) is 5.97.